The first-order valence-corrected chi connectivity index (χ1v) is 9.87. The summed E-state index contributed by atoms with van der Waals surface area (Å²) in [5.74, 6) is 0.828. The highest BCUT2D eigenvalue weighted by Gasteiger charge is 2.30. The van der Waals surface area contributed by atoms with Crippen molar-refractivity contribution in [2.45, 2.75) is 38.8 Å². The first-order valence-electron chi connectivity index (χ1n) is 9.87. The monoisotopic (exact) mass is 386 g/mol. The Morgan fingerprint density at radius 3 is 2.39 bits per heavy atom. The van der Waals surface area contributed by atoms with E-state index in [-0.39, 0.29) is 17.4 Å². The number of hydrogen-bond donors (Lipinski definition) is 1. The van der Waals surface area contributed by atoms with E-state index in [1.54, 1.807) is 24.9 Å². The van der Waals surface area contributed by atoms with Crippen LogP contribution in [0.2, 0.25) is 0 Å². The molecule has 28 heavy (non-hydrogen) atoms. The van der Waals surface area contributed by atoms with Crippen LogP contribution in [0.3, 0.4) is 0 Å². The van der Waals surface area contributed by atoms with E-state index in [1.165, 1.54) is 6.42 Å². The minimum absolute atomic E-state index is 0.0579. The standard InChI is InChI=1S/C22H30N2O4/c1-16-15-19(25)20(22(26)24(16)13-14-27-2)21(23-11-5-4-6-12-23)17-7-9-18(28-3)10-8-17/h7-10,15,21,25H,4-6,11-14H2,1-3H3/t21-/m0/s1. The van der Waals surface area contributed by atoms with E-state index >= 15 is 0 Å². The number of ether oxygens (including phenoxy) is 2. The van der Waals surface area contributed by atoms with Crippen molar-refractivity contribution in [3.05, 3.63) is 57.5 Å². The van der Waals surface area contributed by atoms with Crippen LogP contribution in [0.25, 0.3) is 0 Å². The lowest BCUT2D eigenvalue weighted by Gasteiger charge is -2.35. The molecule has 0 amide bonds. The second-order valence-electron chi connectivity index (χ2n) is 7.31. The van der Waals surface area contributed by atoms with Crippen molar-refractivity contribution >= 4 is 0 Å². The molecule has 6 nitrogen and oxygen atoms in total. The molecule has 0 radical (unpaired) electrons. The lowest BCUT2D eigenvalue weighted by Crippen LogP contribution is -2.39. The Morgan fingerprint density at radius 1 is 1.11 bits per heavy atom. The summed E-state index contributed by atoms with van der Waals surface area (Å²) in [4.78, 5) is 15.7. The summed E-state index contributed by atoms with van der Waals surface area (Å²) in [6.07, 6.45) is 3.39. The Hall–Kier alpha value is -2.31. The van der Waals surface area contributed by atoms with Crippen molar-refractivity contribution < 1.29 is 14.6 Å². The molecular formula is C22H30N2O4. The van der Waals surface area contributed by atoms with Crippen LogP contribution in [0.1, 0.15) is 42.1 Å². The largest absolute Gasteiger partial charge is 0.507 e. The van der Waals surface area contributed by atoms with Gasteiger partial charge in [0.2, 0.25) is 0 Å². The third kappa shape index (κ3) is 4.23. The van der Waals surface area contributed by atoms with Gasteiger partial charge in [0.05, 0.1) is 25.3 Å². The molecule has 1 saturated heterocycles. The van der Waals surface area contributed by atoms with Gasteiger partial charge in [-0.1, -0.05) is 18.6 Å². The number of pyridine rings is 1. The maximum atomic E-state index is 13.4. The highest BCUT2D eigenvalue weighted by atomic mass is 16.5. The van der Waals surface area contributed by atoms with Crippen molar-refractivity contribution in [2.24, 2.45) is 0 Å². The van der Waals surface area contributed by atoms with Gasteiger partial charge in [-0.2, -0.15) is 0 Å². The van der Waals surface area contributed by atoms with Crippen molar-refractivity contribution in [3.8, 4) is 11.5 Å². The van der Waals surface area contributed by atoms with Crippen molar-refractivity contribution in [1.82, 2.24) is 9.47 Å². The molecule has 1 aliphatic rings. The summed E-state index contributed by atoms with van der Waals surface area (Å²) < 4.78 is 12.1. The molecule has 1 aromatic heterocycles. The summed E-state index contributed by atoms with van der Waals surface area (Å²) in [6, 6.07) is 9.18. The van der Waals surface area contributed by atoms with Crippen LogP contribution in [0.5, 0.6) is 11.5 Å². The van der Waals surface area contributed by atoms with Crippen LogP contribution in [-0.2, 0) is 11.3 Å². The lowest BCUT2D eigenvalue weighted by atomic mass is 9.94. The molecule has 1 aliphatic heterocycles. The molecule has 3 rings (SSSR count). The van der Waals surface area contributed by atoms with Gasteiger partial charge in [0.15, 0.2) is 0 Å². The minimum atomic E-state index is -0.284. The van der Waals surface area contributed by atoms with Crippen molar-refractivity contribution in [3.63, 3.8) is 0 Å². The first kappa shape index (κ1) is 20.4. The van der Waals surface area contributed by atoms with Crippen LogP contribution in [-0.4, -0.2) is 48.5 Å². The Labute approximate surface area is 166 Å². The number of likely N-dealkylation sites (tertiary alicyclic amines) is 1. The van der Waals surface area contributed by atoms with Crippen LogP contribution >= 0.6 is 0 Å². The van der Waals surface area contributed by atoms with Crippen LogP contribution in [0.15, 0.2) is 35.1 Å². The van der Waals surface area contributed by atoms with Crippen LogP contribution in [0.4, 0.5) is 0 Å². The molecular weight excluding hydrogens is 356 g/mol. The summed E-state index contributed by atoms with van der Waals surface area (Å²) in [5, 5.41) is 10.8. The molecule has 1 fully saturated rings. The van der Waals surface area contributed by atoms with E-state index in [0.717, 1.165) is 42.9 Å². The van der Waals surface area contributed by atoms with Gasteiger partial charge in [-0.15, -0.1) is 0 Å². The Balaban J connectivity index is 2.12. The van der Waals surface area contributed by atoms with E-state index in [2.05, 4.69) is 4.90 Å². The normalized spacial score (nSPS) is 16.1. The van der Waals surface area contributed by atoms with E-state index < -0.39 is 0 Å². The number of benzene rings is 1. The number of aryl methyl sites for hydroxylation is 1. The quantitative estimate of drug-likeness (QED) is 0.792. The van der Waals surface area contributed by atoms with Crippen LogP contribution in [0, 0.1) is 6.92 Å². The number of hydrogen-bond acceptors (Lipinski definition) is 5. The van der Waals surface area contributed by atoms with E-state index in [9.17, 15) is 9.90 Å². The first-order chi connectivity index (χ1) is 13.6. The van der Waals surface area contributed by atoms with E-state index in [4.69, 9.17) is 9.47 Å². The molecule has 0 saturated carbocycles. The number of aromatic hydroxyl groups is 1. The SMILES string of the molecule is COCCn1c(C)cc(O)c([C@H](c2ccc(OC)cc2)N2CCCCC2)c1=O. The smallest absolute Gasteiger partial charge is 0.259 e. The third-order valence-corrected chi connectivity index (χ3v) is 5.50. The molecule has 0 bridgehead atoms. The molecule has 1 atom stereocenters. The fourth-order valence-electron chi connectivity index (χ4n) is 4.01. The van der Waals surface area contributed by atoms with Gasteiger partial charge in [0.25, 0.3) is 5.56 Å². The average Bonchev–Trinajstić information content (AvgIpc) is 2.71. The minimum Gasteiger partial charge on any atom is -0.507 e. The van der Waals surface area contributed by atoms with Crippen molar-refractivity contribution in [1.29, 1.82) is 0 Å². The van der Waals surface area contributed by atoms with Gasteiger partial charge in [-0.3, -0.25) is 9.69 Å². The zero-order valence-electron chi connectivity index (χ0n) is 17.0. The molecule has 2 aromatic rings. The number of piperidine rings is 1. The molecule has 1 N–H and O–H groups in total. The van der Waals surface area contributed by atoms with Crippen molar-refractivity contribution in [2.75, 3.05) is 33.9 Å². The topological polar surface area (TPSA) is 63.9 Å². The number of methoxy groups -OCH3 is 2. The predicted molar refractivity (Wildman–Crippen MR) is 109 cm³/mol. The van der Waals surface area contributed by atoms with Gasteiger partial charge in [0, 0.05) is 19.3 Å². The lowest BCUT2D eigenvalue weighted by molar-refractivity contribution is 0.178. The summed E-state index contributed by atoms with van der Waals surface area (Å²) >= 11 is 0. The Bertz CT molecular complexity index is 839. The summed E-state index contributed by atoms with van der Waals surface area (Å²) in [6.45, 7) is 4.55. The molecule has 6 heteroatoms. The zero-order valence-corrected chi connectivity index (χ0v) is 17.0. The predicted octanol–water partition coefficient (Wildman–Crippen LogP) is 3.09. The fourth-order valence-corrected chi connectivity index (χ4v) is 4.01. The maximum absolute atomic E-state index is 13.4. The van der Waals surface area contributed by atoms with Crippen LogP contribution < -0.4 is 10.3 Å². The number of rotatable bonds is 7. The zero-order chi connectivity index (χ0) is 20.1. The fraction of sp³-hybridized carbons (Fsp3) is 0.500. The van der Waals surface area contributed by atoms with Gasteiger partial charge in [0.1, 0.15) is 11.5 Å². The summed E-state index contributed by atoms with van der Waals surface area (Å²) in [5.41, 5.74) is 2.00. The van der Waals surface area contributed by atoms with Gasteiger partial charge >= 0.3 is 0 Å². The second-order valence-corrected chi connectivity index (χ2v) is 7.31. The maximum Gasteiger partial charge on any atom is 0.259 e. The van der Waals surface area contributed by atoms with E-state index in [1.807, 2.05) is 31.2 Å². The van der Waals surface area contributed by atoms with Gasteiger partial charge in [-0.25, -0.2) is 0 Å². The molecule has 0 aliphatic carbocycles. The third-order valence-electron chi connectivity index (χ3n) is 5.50. The average molecular weight is 386 g/mol. The number of aromatic nitrogens is 1. The molecule has 1 aromatic carbocycles. The number of nitrogens with zero attached hydrogens (tertiary/aromatic N) is 2. The van der Waals surface area contributed by atoms with E-state index in [0.29, 0.717) is 18.7 Å². The van der Waals surface area contributed by atoms with Gasteiger partial charge in [-0.05, 0) is 56.6 Å². The second kappa shape index (κ2) is 9.26. The summed E-state index contributed by atoms with van der Waals surface area (Å²) in [7, 11) is 3.26. The molecule has 0 spiro atoms. The Morgan fingerprint density at radius 2 is 1.79 bits per heavy atom. The van der Waals surface area contributed by atoms with Gasteiger partial charge < -0.3 is 19.1 Å². The Kier molecular flexibility index (Phi) is 6.75. The molecule has 2 heterocycles. The molecule has 0 unspecified atom stereocenters. The highest BCUT2D eigenvalue weighted by Crippen LogP contribution is 2.35. The molecule has 152 valence electrons. The highest BCUT2D eigenvalue weighted by molar-refractivity contribution is 5.42.